The largest absolute Gasteiger partial charge is 0.477 e. The minimum atomic E-state index is -1.14. The van der Waals surface area contributed by atoms with E-state index in [4.69, 9.17) is 5.26 Å². The second kappa shape index (κ2) is 5.76. The number of aliphatic carboxylic acids is 1. The summed E-state index contributed by atoms with van der Waals surface area (Å²) in [6.07, 6.45) is 1.44. The van der Waals surface area contributed by atoms with Gasteiger partial charge in [0.15, 0.2) is 0 Å². The standard InChI is InChI=1S/C11H11N3O4S2/c1-19-5-4-20-10-7(13-6(15)2-3-12)9(16)14(10)8(5)11(17)18/h7,10H,2,4H2,1H3,(H,13,15)(H,17,18)/t7-,10+/m1/s1. The van der Waals surface area contributed by atoms with Gasteiger partial charge in [-0.2, -0.15) is 5.26 Å². The van der Waals surface area contributed by atoms with Crippen LogP contribution in [-0.4, -0.2) is 51.2 Å². The van der Waals surface area contributed by atoms with E-state index < -0.39 is 29.2 Å². The molecule has 0 aromatic carbocycles. The molecule has 0 radical (unpaired) electrons. The minimum Gasteiger partial charge on any atom is -0.477 e. The Hall–Kier alpha value is -1.66. The lowest BCUT2D eigenvalue weighted by atomic mass is 10.0. The highest BCUT2D eigenvalue weighted by Crippen LogP contribution is 2.42. The van der Waals surface area contributed by atoms with Gasteiger partial charge in [-0.15, -0.1) is 23.5 Å². The van der Waals surface area contributed by atoms with Crippen molar-refractivity contribution < 1.29 is 19.5 Å². The lowest BCUT2D eigenvalue weighted by Crippen LogP contribution is -2.70. The fraction of sp³-hybridized carbons (Fsp3) is 0.455. The van der Waals surface area contributed by atoms with Crippen LogP contribution in [0.5, 0.6) is 0 Å². The quantitative estimate of drug-likeness (QED) is 0.701. The fourth-order valence-electron chi connectivity index (χ4n) is 2.04. The fourth-order valence-corrected chi connectivity index (χ4v) is 4.29. The zero-order chi connectivity index (χ0) is 14.9. The molecule has 0 unspecified atom stereocenters. The Labute approximate surface area is 123 Å². The number of β-lactam (4-membered cyclic amide) rings is 1. The van der Waals surface area contributed by atoms with Crippen LogP contribution < -0.4 is 5.32 Å². The molecule has 2 N–H and O–H groups in total. The van der Waals surface area contributed by atoms with Gasteiger partial charge in [-0.1, -0.05) is 0 Å². The monoisotopic (exact) mass is 313 g/mol. The average Bonchev–Trinajstić information content (AvgIpc) is 2.43. The Balaban J connectivity index is 2.17. The maximum Gasteiger partial charge on any atom is 0.353 e. The first-order chi connectivity index (χ1) is 9.51. The van der Waals surface area contributed by atoms with Crippen LogP contribution >= 0.6 is 23.5 Å². The summed E-state index contributed by atoms with van der Waals surface area (Å²) < 4.78 is 0. The molecule has 0 bridgehead atoms. The molecular formula is C11H11N3O4S2. The molecule has 20 heavy (non-hydrogen) atoms. The Morgan fingerprint density at radius 2 is 2.35 bits per heavy atom. The maximum atomic E-state index is 12.0. The molecule has 2 amide bonds. The summed E-state index contributed by atoms with van der Waals surface area (Å²) in [6.45, 7) is 0. The Kier molecular flexibility index (Phi) is 4.25. The van der Waals surface area contributed by atoms with Crippen molar-refractivity contribution in [1.29, 1.82) is 5.26 Å². The van der Waals surface area contributed by atoms with Gasteiger partial charge >= 0.3 is 5.97 Å². The van der Waals surface area contributed by atoms with E-state index in [2.05, 4.69) is 5.32 Å². The van der Waals surface area contributed by atoms with Crippen LogP contribution in [0.4, 0.5) is 0 Å². The predicted molar refractivity (Wildman–Crippen MR) is 73.4 cm³/mol. The van der Waals surface area contributed by atoms with E-state index >= 15 is 0 Å². The molecule has 0 aliphatic carbocycles. The smallest absolute Gasteiger partial charge is 0.353 e. The summed E-state index contributed by atoms with van der Waals surface area (Å²) in [5.41, 5.74) is -0.00275. The summed E-state index contributed by atoms with van der Waals surface area (Å²) >= 11 is 2.70. The second-order valence-corrected chi connectivity index (χ2v) is 6.08. The van der Waals surface area contributed by atoms with Crippen molar-refractivity contribution in [2.24, 2.45) is 0 Å². The van der Waals surface area contributed by atoms with Crippen LogP contribution in [0.1, 0.15) is 6.42 Å². The number of nitriles is 1. The molecule has 0 saturated carbocycles. The predicted octanol–water partition coefficient (Wildman–Crippen LogP) is -0.0408. The molecule has 1 fully saturated rings. The molecule has 7 nitrogen and oxygen atoms in total. The van der Waals surface area contributed by atoms with Crippen LogP contribution in [0.3, 0.4) is 0 Å². The van der Waals surface area contributed by atoms with Gasteiger partial charge in [0.1, 0.15) is 23.5 Å². The molecule has 2 aliphatic heterocycles. The van der Waals surface area contributed by atoms with Crippen LogP contribution in [-0.2, 0) is 14.4 Å². The van der Waals surface area contributed by atoms with Gasteiger partial charge in [0, 0.05) is 10.7 Å². The third kappa shape index (κ3) is 2.36. The molecule has 0 spiro atoms. The third-order valence-electron chi connectivity index (χ3n) is 2.94. The molecule has 9 heteroatoms. The zero-order valence-electron chi connectivity index (χ0n) is 10.5. The summed E-state index contributed by atoms with van der Waals surface area (Å²) in [5.74, 6) is -1.63. The minimum absolute atomic E-state index is 0.00275. The van der Waals surface area contributed by atoms with Gasteiger partial charge < -0.3 is 10.4 Å². The number of amides is 2. The lowest BCUT2D eigenvalue weighted by molar-refractivity contribution is -0.150. The summed E-state index contributed by atoms with van der Waals surface area (Å²) in [4.78, 5) is 36.5. The number of nitrogens with one attached hydrogen (secondary N) is 1. The van der Waals surface area contributed by atoms with Gasteiger partial charge in [0.05, 0.1) is 6.07 Å². The van der Waals surface area contributed by atoms with Crippen molar-refractivity contribution in [1.82, 2.24) is 10.2 Å². The number of carbonyl (C=O) groups excluding carboxylic acids is 2. The first-order valence-electron chi connectivity index (χ1n) is 5.62. The van der Waals surface area contributed by atoms with E-state index in [0.29, 0.717) is 10.7 Å². The van der Waals surface area contributed by atoms with Gasteiger partial charge in [0.25, 0.3) is 5.91 Å². The van der Waals surface area contributed by atoms with Crippen molar-refractivity contribution >= 4 is 41.3 Å². The molecule has 2 rings (SSSR count). The van der Waals surface area contributed by atoms with Crippen molar-refractivity contribution in [3.63, 3.8) is 0 Å². The van der Waals surface area contributed by atoms with Crippen LogP contribution in [0.2, 0.25) is 0 Å². The first kappa shape index (κ1) is 14.7. The van der Waals surface area contributed by atoms with Crippen LogP contribution in [0.25, 0.3) is 0 Å². The Morgan fingerprint density at radius 1 is 1.65 bits per heavy atom. The SMILES string of the molecule is CSC1=C(C(=O)O)N2C(=O)[C@@H](NC(=O)CC#N)[C@@H]2SC1. The van der Waals surface area contributed by atoms with Crippen LogP contribution in [0.15, 0.2) is 10.6 Å². The number of fused-ring (bicyclic) bond motifs is 1. The van der Waals surface area contributed by atoms with E-state index in [1.807, 2.05) is 0 Å². The van der Waals surface area contributed by atoms with Crippen molar-refractivity contribution in [3.05, 3.63) is 10.6 Å². The van der Waals surface area contributed by atoms with Gasteiger partial charge in [-0.25, -0.2) is 4.79 Å². The van der Waals surface area contributed by atoms with Crippen molar-refractivity contribution in [2.45, 2.75) is 17.8 Å². The molecule has 2 atom stereocenters. The number of thioether (sulfide) groups is 2. The molecular weight excluding hydrogens is 302 g/mol. The zero-order valence-corrected chi connectivity index (χ0v) is 12.1. The molecule has 106 valence electrons. The van der Waals surface area contributed by atoms with E-state index in [1.54, 1.807) is 12.3 Å². The number of rotatable bonds is 4. The number of carboxylic acids is 1. The number of nitrogens with zero attached hydrogens (tertiary/aromatic N) is 2. The Bertz CT molecular complexity index is 554. The average molecular weight is 313 g/mol. The van der Waals surface area contributed by atoms with Gasteiger partial charge in [-0.3, -0.25) is 14.5 Å². The molecule has 0 aromatic rings. The van der Waals surface area contributed by atoms with E-state index in [9.17, 15) is 19.5 Å². The van der Waals surface area contributed by atoms with E-state index in [-0.39, 0.29) is 12.1 Å². The first-order valence-corrected chi connectivity index (χ1v) is 7.90. The molecule has 1 saturated heterocycles. The van der Waals surface area contributed by atoms with Crippen molar-refractivity contribution in [3.8, 4) is 6.07 Å². The molecule has 2 heterocycles. The second-order valence-electron chi connectivity index (χ2n) is 4.07. The Morgan fingerprint density at radius 3 is 2.90 bits per heavy atom. The normalized spacial score (nSPS) is 24.6. The number of hydrogen-bond acceptors (Lipinski definition) is 6. The lowest BCUT2D eigenvalue weighted by Gasteiger charge is -2.49. The molecule has 0 aromatic heterocycles. The van der Waals surface area contributed by atoms with Gasteiger partial charge in [0.2, 0.25) is 5.91 Å². The molecule has 2 aliphatic rings. The number of carbonyl (C=O) groups is 3. The highest BCUT2D eigenvalue weighted by molar-refractivity contribution is 8.05. The van der Waals surface area contributed by atoms with Crippen LogP contribution in [0, 0.1) is 11.3 Å². The van der Waals surface area contributed by atoms with E-state index in [1.165, 1.54) is 28.4 Å². The number of carboxylic acid groups (broad SMARTS) is 1. The summed E-state index contributed by atoms with van der Waals surface area (Å²) in [6, 6.07) is 0.949. The number of hydrogen-bond donors (Lipinski definition) is 2. The maximum absolute atomic E-state index is 12.0. The summed E-state index contributed by atoms with van der Waals surface area (Å²) in [7, 11) is 0. The topological polar surface area (TPSA) is 110 Å². The van der Waals surface area contributed by atoms with Gasteiger partial charge in [-0.05, 0) is 6.26 Å². The highest BCUT2D eigenvalue weighted by Gasteiger charge is 2.54. The van der Waals surface area contributed by atoms with Crippen molar-refractivity contribution in [2.75, 3.05) is 12.0 Å². The van der Waals surface area contributed by atoms with E-state index in [0.717, 1.165) is 0 Å². The summed E-state index contributed by atoms with van der Waals surface area (Å²) in [5, 5.41) is 19.7. The third-order valence-corrected chi connectivity index (χ3v) is 5.23. The highest BCUT2D eigenvalue weighted by atomic mass is 32.2.